The number of urea groups is 1. The molecule has 0 aliphatic rings. The first-order valence-electron chi connectivity index (χ1n) is 6.51. The SMILES string of the molecule is CSc1ncccc1C(=O)OCC(=O)NC(=O)NC(C)(C)C. The standard InChI is InChI=1S/C14H19N3O4S/c1-14(2,3)17-13(20)16-10(18)8-21-12(19)9-6-5-7-15-11(9)22-4/h5-7H,8H2,1-4H3,(H2,16,17,18,20). The summed E-state index contributed by atoms with van der Waals surface area (Å²) in [5.74, 6) is -1.37. The molecule has 0 atom stereocenters. The summed E-state index contributed by atoms with van der Waals surface area (Å²) in [4.78, 5) is 39.0. The molecule has 0 aromatic carbocycles. The lowest BCUT2D eigenvalue weighted by atomic mass is 10.1. The maximum Gasteiger partial charge on any atom is 0.341 e. The third-order valence-corrected chi connectivity index (χ3v) is 2.97. The highest BCUT2D eigenvalue weighted by Crippen LogP contribution is 2.17. The van der Waals surface area contributed by atoms with Gasteiger partial charge in [0, 0.05) is 11.7 Å². The number of hydrogen-bond donors (Lipinski definition) is 2. The Hall–Kier alpha value is -2.09. The van der Waals surface area contributed by atoms with Crippen molar-refractivity contribution >= 4 is 29.7 Å². The Labute approximate surface area is 133 Å². The Morgan fingerprint density at radius 1 is 1.32 bits per heavy atom. The van der Waals surface area contributed by atoms with Crippen molar-refractivity contribution in [3.05, 3.63) is 23.9 Å². The van der Waals surface area contributed by atoms with Gasteiger partial charge in [0.15, 0.2) is 6.61 Å². The first-order valence-corrected chi connectivity index (χ1v) is 7.73. The maximum absolute atomic E-state index is 11.9. The number of carbonyl (C=O) groups excluding carboxylic acids is 3. The first kappa shape index (κ1) is 18.0. The number of imide groups is 1. The fraction of sp³-hybridized carbons (Fsp3) is 0.429. The van der Waals surface area contributed by atoms with Gasteiger partial charge in [-0.1, -0.05) is 0 Å². The van der Waals surface area contributed by atoms with Crippen LogP contribution in [0.25, 0.3) is 0 Å². The van der Waals surface area contributed by atoms with E-state index < -0.39 is 30.1 Å². The van der Waals surface area contributed by atoms with Crippen LogP contribution in [0, 0.1) is 0 Å². The number of thioether (sulfide) groups is 1. The van der Waals surface area contributed by atoms with E-state index in [-0.39, 0.29) is 5.56 Å². The summed E-state index contributed by atoms with van der Waals surface area (Å²) in [6, 6.07) is 2.53. The van der Waals surface area contributed by atoms with Crippen molar-refractivity contribution in [2.75, 3.05) is 12.9 Å². The Morgan fingerprint density at radius 3 is 2.59 bits per heavy atom. The van der Waals surface area contributed by atoms with Crippen molar-refractivity contribution in [2.45, 2.75) is 31.3 Å². The zero-order valence-electron chi connectivity index (χ0n) is 12.9. The third kappa shape index (κ3) is 6.13. The van der Waals surface area contributed by atoms with Crippen LogP contribution in [0.1, 0.15) is 31.1 Å². The van der Waals surface area contributed by atoms with Crippen LogP contribution in [-0.2, 0) is 9.53 Å². The van der Waals surface area contributed by atoms with E-state index in [1.807, 2.05) is 0 Å². The van der Waals surface area contributed by atoms with E-state index in [0.29, 0.717) is 5.03 Å². The van der Waals surface area contributed by atoms with Gasteiger partial charge in [-0.2, -0.15) is 0 Å². The number of rotatable bonds is 4. The molecule has 1 rings (SSSR count). The quantitative estimate of drug-likeness (QED) is 0.644. The Bertz CT molecular complexity index is 569. The van der Waals surface area contributed by atoms with E-state index in [1.54, 1.807) is 45.4 Å². The van der Waals surface area contributed by atoms with Crippen molar-refractivity contribution in [3.63, 3.8) is 0 Å². The second-order valence-electron chi connectivity index (χ2n) is 5.39. The van der Waals surface area contributed by atoms with Crippen LogP contribution >= 0.6 is 11.8 Å². The van der Waals surface area contributed by atoms with Crippen LogP contribution in [0.2, 0.25) is 0 Å². The minimum absolute atomic E-state index is 0.280. The molecule has 0 aliphatic heterocycles. The van der Waals surface area contributed by atoms with Crippen molar-refractivity contribution in [1.82, 2.24) is 15.6 Å². The zero-order valence-corrected chi connectivity index (χ0v) is 13.7. The summed E-state index contributed by atoms with van der Waals surface area (Å²) in [5.41, 5.74) is -0.189. The summed E-state index contributed by atoms with van der Waals surface area (Å²) >= 11 is 1.30. The molecule has 1 heterocycles. The van der Waals surface area contributed by atoms with Gasteiger partial charge in [0.25, 0.3) is 5.91 Å². The summed E-state index contributed by atoms with van der Waals surface area (Å²) in [5, 5.41) is 5.16. The average Bonchev–Trinajstić information content (AvgIpc) is 2.42. The molecule has 0 radical (unpaired) electrons. The van der Waals surface area contributed by atoms with Gasteiger partial charge in [0.2, 0.25) is 0 Å². The second-order valence-corrected chi connectivity index (χ2v) is 6.18. The lowest BCUT2D eigenvalue weighted by molar-refractivity contribution is -0.123. The molecule has 0 unspecified atom stereocenters. The molecule has 7 nitrogen and oxygen atoms in total. The van der Waals surface area contributed by atoms with Crippen molar-refractivity contribution in [1.29, 1.82) is 0 Å². The highest BCUT2D eigenvalue weighted by molar-refractivity contribution is 7.98. The summed E-state index contributed by atoms with van der Waals surface area (Å²) in [7, 11) is 0. The highest BCUT2D eigenvalue weighted by Gasteiger charge is 2.18. The molecule has 120 valence electrons. The van der Waals surface area contributed by atoms with Gasteiger partial charge >= 0.3 is 12.0 Å². The number of nitrogens with zero attached hydrogens (tertiary/aromatic N) is 1. The van der Waals surface area contributed by atoms with Crippen LogP contribution in [0.15, 0.2) is 23.4 Å². The molecule has 3 amide bonds. The molecule has 1 aromatic heterocycles. The Morgan fingerprint density at radius 2 is 2.00 bits per heavy atom. The molecule has 2 N–H and O–H groups in total. The fourth-order valence-corrected chi connectivity index (χ4v) is 1.99. The largest absolute Gasteiger partial charge is 0.452 e. The fourth-order valence-electron chi connectivity index (χ4n) is 1.45. The third-order valence-electron chi connectivity index (χ3n) is 2.26. The average molecular weight is 325 g/mol. The van der Waals surface area contributed by atoms with Gasteiger partial charge in [-0.25, -0.2) is 14.6 Å². The molecule has 0 fully saturated rings. The van der Waals surface area contributed by atoms with Crippen LogP contribution in [0.5, 0.6) is 0 Å². The van der Waals surface area contributed by atoms with E-state index >= 15 is 0 Å². The normalized spacial score (nSPS) is 10.7. The molecule has 0 bridgehead atoms. The van der Waals surface area contributed by atoms with Gasteiger partial charge in [0.05, 0.1) is 5.56 Å². The first-order chi connectivity index (χ1) is 10.2. The molecule has 0 saturated carbocycles. The predicted molar refractivity (Wildman–Crippen MR) is 82.7 cm³/mol. The maximum atomic E-state index is 11.9. The number of amides is 3. The van der Waals surface area contributed by atoms with Crippen LogP contribution in [0.4, 0.5) is 4.79 Å². The van der Waals surface area contributed by atoms with Gasteiger partial charge < -0.3 is 10.1 Å². The van der Waals surface area contributed by atoms with Crippen molar-refractivity contribution in [2.24, 2.45) is 0 Å². The van der Waals surface area contributed by atoms with Gasteiger partial charge in [0.1, 0.15) is 5.03 Å². The lowest BCUT2D eigenvalue weighted by Gasteiger charge is -2.20. The lowest BCUT2D eigenvalue weighted by Crippen LogP contribution is -2.49. The smallest absolute Gasteiger partial charge is 0.341 e. The van der Waals surface area contributed by atoms with E-state index in [2.05, 4.69) is 15.6 Å². The molecular weight excluding hydrogens is 306 g/mol. The topological polar surface area (TPSA) is 97.4 Å². The monoisotopic (exact) mass is 325 g/mol. The van der Waals surface area contributed by atoms with Crippen LogP contribution in [0.3, 0.4) is 0 Å². The molecule has 1 aromatic rings. The number of carbonyl (C=O) groups is 3. The highest BCUT2D eigenvalue weighted by atomic mass is 32.2. The Kier molecular flexibility index (Phi) is 6.36. The zero-order chi connectivity index (χ0) is 16.8. The van der Waals surface area contributed by atoms with Gasteiger partial charge in [-0.05, 0) is 39.2 Å². The van der Waals surface area contributed by atoms with Crippen molar-refractivity contribution in [3.8, 4) is 0 Å². The Balaban J connectivity index is 2.50. The molecular formula is C14H19N3O4S. The molecule has 22 heavy (non-hydrogen) atoms. The number of aromatic nitrogens is 1. The predicted octanol–water partition coefficient (Wildman–Crippen LogP) is 1.58. The number of hydrogen-bond acceptors (Lipinski definition) is 6. The molecule has 0 saturated heterocycles. The summed E-state index contributed by atoms with van der Waals surface area (Å²) < 4.78 is 4.88. The van der Waals surface area contributed by atoms with Gasteiger partial charge in [-0.15, -0.1) is 11.8 Å². The van der Waals surface area contributed by atoms with Gasteiger partial charge in [-0.3, -0.25) is 10.1 Å². The molecule has 0 spiro atoms. The van der Waals surface area contributed by atoms with Crippen molar-refractivity contribution < 1.29 is 19.1 Å². The van der Waals surface area contributed by atoms with E-state index in [1.165, 1.54) is 11.8 Å². The minimum Gasteiger partial charge on any atom is -0.452 e. The van der Waals surface area contributed by atoms with E-state index in [4.69, 9.17) is 4.74 Å². The van der Waals surface area contributed by atoms with Crippen LogP contribution < -0.4 is 10.6 Å². The van der Waals surface area contributed by atoms with E-state index in [0.717, 1.165) is 0 Å². The van der Waals surface area contributed by atoms with E-state index in [9.17, 15) is 14.4 Å². The number of pyridine rings is 1. The second kappa shape index (κ2) is 7.79. The number of nitrogens with one attached hydrogen (secondary N) is 2. The molecule has 0 aliphatic carbocycles. The van der Waals surface area contributed by atoms with Crippen LogP contribution in [-0.4, -0.2) is 41.3 Å². The number of esters is 1. The summed E-state index contributed by atoms with van der Waals surface area (Å²) in [6.45, 7) is 4.80. The summed E-state index contributed by atoms with van der Waals surface area (Å²) in [6.07, 6.45) is 3.34. The minimum atomic E-state index is -0.704. The molecule has 8 heteroatoms. The number of ether oxygens (including phenoxy) is 1.